The van der Waals surface area contributed by atoms with Gasteiger partial charge in [-0.05, 0) is 59.9 Å². The van der Waals surface area contributed by atoms with Gasteiger partial charge in [-0.1, -0.05) is 11.8 Å². The molecule has 0 bridgehead atoms. The van der Waals surface area contributed by atoms with Crippen molar-refractivity contribution in [2.24, 2.45) is 0 Å². The van der Waals surface area contributed by atoms with Gasteiger partial charge in [0.2, 0.25) is 15.2 Å². The van der Waals surface area contributed by atoms with Gasteiger partial charge in [-0.15, -0.1) is 5.10 Å². The SMILES string of the molecule is CS(=O)(=O)N1CCCc2cc(C(=O)CSc3nnnn3C[C@H]3CCCO3)ccc21. The smallest absolute Gasteiger partial charge is 0.232 e. The number of tetrazole rings is 1. The van der Waals surface area contributed by atoms with E-state index in [-0.39, 0.29) is 17.6 Å². The van der Waals surface area contributed by atoms with E-state index in [0.717, 1.165) is 37.9 Å². The van der Waals surface area contributed by atoms with E-state index in [0.29, 0.717) is 29.5 Å². The first-order valence-corrected chi connectivity index (χ1v) is 12.4. The van der Waals surface area contributed by atoms with Crippen LogP contribution in [0.4, 0.5) is 5.69 Å². The number of sulfonamides is 1. The average molecular weight is 438 g/mol. The fourth-order valence-corrected chi connectivity index (χ4v) is 5.47. The van der Waals surface area contributed by atoms with Crippen LogP contribution in [0.1, 0.15) is 35.2 Å². The molecule has 0 unspecified atom stereocenters. The molecule has 156 valence electrons. The third-order valence-corrected chi connectivity index (χ3v) is 7.25. The second-order valence-electron chi connectivity index (χ2n) is 7.27. The summed E-state index contributed by atoms with van der Waals surface area (Å²) in [6.07, 6.45) is 4.86. The molecule has 0 saturated carbocycles. The lowest BCUT2D eigenvalue weighted by molar-refractivity contribution is 0.0912. The number of anilines is 1. The molecule has 1 atom stereocenters. The number of ether oxygens (including phenoxy) is 1. The van der Waals surface area contributed by atoms with E-state index in [2.05, 4.69) is 15.5 Å². The number of fused-ring (bicyclic) bond motifs is 1. The van der Waals surface area contributed by atoms with Gasteiger partial charge in [0.05, 0.1) is 30.3 Å². The zero-order valence-corrected chi connectivity index (χ0v) is 17.8. The van der Waals surface area contributed by atoms with E-state index < -0.39 is 10.0 Å². The van der Waals surface area contributed by atoms with Crippen molar-refractivity contribution in [3.63, 3.8) is 0 Å². The summed E-state index contributed by atoms with van der Waals surface area (Å²) in [5.41, 5.74) is 2.13. The van der Waals surface area contributed by atoms with Crippen molar-refractivity contribution in [2.45, 2.75) is 43.5 Å². The number of rotatable bonds is 7. The zero-order valence-electron chi connectivity index (χ0n) is 16.2. The third kappa shape index (κ3) is 4.62. The Balaban J connectivity index is 1.43. The molecular formula is C18H23N5O4S2. The molecule has 0 amide bonds. The van der Waals surface area contributed by atoms with Gasteiger partial charge in [0.15, 0.2) is 5.78 Å². The highest BCUT2D eigenvalue weighted by Crippen LogP contribution is 2.30. The Bertz CT molecular complexity index is 1000. The van der Waals surface area contributed by atoms with Gasteiger partial charge in [0.1, 0.15) is 0 Å². The molecule has 1 aromatic carbocycles. The molecule has 4 rings (SSSR count). The number of hydrogen-bond donors (Lipinski definition) is 0. The molecule has 1 fully saturated rings. The molecular weight excluding hydrogens is 414 g/mol. The Morgan fingerprint density at radius 1 is 1.34 bits per heavy atom. The quantitative estimate of drug-likeness (QED) is 0.474. The van der Waals surface area contributed by atoms with Crippen LogP contribution in [0, 0.1) is 0 Å². The number of aromatic nitrogens is 4. The molecule has 0 N–H and O–H groups in total. The van der Waals surface area contributed by atoms with E-state index in [1.807, 2.05) is 6.07 Å². The van der Waals surface area contributed by atoms with E-state index in [9.17, 15) is 13.2 Å². The van der Waals surface area contributed by atoms with Crippen molar-refractivity contribution in [3.05, 3.63) is 29.3 Å². The maximum absolute atomic E-state index is 12.7. The van der Waals surface area contributed by atoms with Crippen LogP contribution < -0.4 is 4.31 Å². The highest BCUT2D eigenvalue weighted by molar-refractivity contribution is 7.99. The molecule has 2 aliphatic rings. The summed E-state index contributed by atoms with van der Waals surface area (Å²) in [5.74, 6) is 0.168. The van der Waals surface area contributed by atoms with E-state index in [1.54, 1.807) is 16.8 Å². The van der Waals surface area contributed by atoms with E-state index >= 15 is 0 Å². The summed E-state index contributed by atoms with van der Waals surface area (Å²) in [6, 6.07) is 5.24. The van der Waals surface area contributed by atoms with Crippen LogP contribution in [-0.4, -0.2) is 65.7 Å². The van der Waals surface area contributed by atoms with Crippen LogP contribution >= 0.6 is 11.8 Å². The van der Waals surface area contributed by atoms with Gasteiger partial charge >= 0.3 is 0 Å². The number of ketones is 1. The Hall–Kier alpha value is -1.98. The summed E-state index contributed by atoms with van der Waals surface area (Å²) in [4.78, 5) is 12.7. The molecule has 9 nitrogen and oxygen atoms in total. The van der Waals surface area contributed by atoms with Crippen molar-refractivity contribution in [1.29, 1.82) is 0 Å². The number of aryl methyl sites for hydroxylation is 1. The second kappa shape index (κ2) is 8.41. The maximum atomic E-state index is 12.7. The lowest BCUT2D eigenvalue weighted by atomic mass is 9.99. The van der Waals surface area contributed by atoms with Gasteiger partial charge in [0.25, 0.3) is 0 Å². The van der Waals surface area contributed by atoms with Crippen molar-refractivity contribution >= 4 is 33.3 Å². The molecule has 29 heavy (non-hydrogen) atoms. The first kappa shape index (κ1) is 20.3. The fourth-order valence-electron chi connectivity index (χ4n) is 3.69. The summed E-state index contributed by atoms with van der Waals surface area (Å²) in [6.45, 7) is 1.83. The highest BCUT2D eigenvalue weighted by atomic mass is 32.2. The van der Waals surface area contributed by atoms with E-state index in [1.165, 1.54) is 22.3 Å². The molecule has 3 heterocycles. The Morgan fingerprint density at radius 2 is 2.21 bits per heavy atom. The average Bonchev–Trinajstić information content (AvgIpc) is 3.37. The summed E-state index contributed by atoms with van der Waals surface area (Å²) >= 11 is 1.30. The van der Waals surface area contributed by atoms with Crippen LogP contribution in [0.15, 0.2) is 23.4 Å². The number of carbonyl (C=O) groups excluding carboxylic acids is 1. The highest BCUT2D eigenvalue weighted by Gasteiger charge is 2.25. The Kier molecular flexibility index (Phi) is 5.88. The normalized spacial score (nSPS) is 19.3. The summed E-state index contributed by atoms with van der Waals surface area (Å²) < 4.78 is 32.7. The Morgan fingerprint density at radius 3 is 2.97 bits per heavy atom. The van der Waals surface area contributed by atoms with Crippen LogP contribution in [-0.2, 0) is 27.7 Å². The lowest BCUT2D eigenvalue weighted by Gasteiger charge is -2.29. The molecule has 11 heteroatoms. The second-order valence-corrected chi connectivity index (χ2v) is 10.1. The predicted molar refractivity (Wildman–Crippen MR) is 109 cm³/mol. The molecule has 1 aromatic heterocycles. The number of nitrogens with zero attached hydrogens (tertiary/aromatic N) is 5. The van der Waals surface area contributed by atoms with Crippen LogP contribution in [0.2, 0.25) is 0 Å². The summed E-state index contributed by atoms with van der Waals surface area (Å²) in [5, 5.41) is 12.3. The molecule has 0 spiro atoms. The van der Waals surface area contributed by atoms with Gasteiger partial charge in [-0.25, -0.2) is 13.1 Å². The van der Waals surface area contributed by atoms with Gasteiger partial charge in [-0.2, -0.15) is 0 Å². The van der Waals surface area contributed by atoms with Crippen LogP contribution in [0.3, 0.4) is 0 Å². The molecule has 2 aromatic rings. The maximum Gasteiger partial charge on any atom is 0.232 e. The first-order valence-electron chi connectivity index (χ1n) is 9.56. The van der Waals surface area contributed by atoms with Crippen molar-refractivity contribution in [1.82, 2.24) is 20.2 Å². The number of carbonyl (C=O) groups is 1. The number of Topliss-reactive ketones (excluding diaryl/α,β-unsaturated/α-hetero) is 1. The zero-order chi connectivity index (χ0) is 20.4. The van der Waals surface area contributed by atoms with Gasteiger partial charge < -0.3 is 4.74 Å². The Labute approximate surface area is 173 Å². The molecule has 0 aliphatic carbocycles. The monoisotopic (exact) mass is 437 g/mol. The third-order valence-electron chi connectivity index (χ3n) is 5.11. The standard InChI is InChI=1S/C18H23N5O4S2/c1-29(25,26)23-8-2-4-13-10-14(6-7-16(13)23)17(24)12-28-18-19-20-21-22(18)11-15-5-3-9-27-15/h6-7,10,15H,2-5,8-9,11-12H2,1H3/t15-/m1/s1. The predicted octanol–water partition coefficient (Wildman–Crippen LogP) is 1.54. The molecule has 2 aliphatic heterocycles. The molecule has 0 radical (unpaired) electrons. The van der Waals surface area contributed by atoms with Crippen molar-refractivity contribution < 1.29 is 17.9 Å². The largest absolute Gasteiger partial charge is 0.376 e. The first-order chi connectivity index (χ1) is 13.9. The van der Waals surface area contributed by atoms with Crippen molar-refractivity contribution in [2.75, 3.05) is 29.5 Å². The van der Waals surface area contributed by atoms with Crippen LogP contribution in [0.25, 0.3) is 0 Å². The number of benzene rings is 1. The molecule has 1 saturated heterocycles. The number of hydrogen-bond acceptors (Lipinski definition) is 8. The fraction of sp³-hybridized carbons (Fsp3) is 0.556. The van der Waals surface area contributed by atoms with E-state index in [4.69, 9.17) is 4.74 Å². The van der Waals surface area contributed by atoms with Crippen molar-refractivity contribution in [3.8, 4) is 0 Å². The minimum atomic E-state index is -3.32. The minimum absolute atomic E-state index is 0.0408. The van der Waals surface area contributed by atoms with Gasteiger partial charge in [-0.3, -0.25) is 9.10 Å². The lowest BCUT2D eigenvalue weighted by Crippen LogP contribution is -2.34. The minimum Gasteiger partial charge on any atom is -0.376 e. The topological polar surface area (TPSA) is 107 Å². The van der Waals surface area contributed by atoms with Crippen LogP contribution in [0.5, 0.6) is 0 Å². The summed E-state index contributed by atoms with van der Waals surface area (Å²) in [7, 11) is -3.32. The van der Waals surface area contributed by atoms with Gasteiger partial charge in [0, 0.05) is 18.7 Å². The number of thioether (sulfide) groups is 1.